The number of para-hydroxylation sites is 1. The predicted molar refractivity (Wildman–Crippen MR) is 127 cm³/mol. The molecule has 1 heterocycles. The molecule has 4 aromatic rings. The van der Waals surface area contributed by atoms with Crippen molar-refractivity contribution < 1.29 is 9.53 Å². The molecule has 3 aromatic carbocycles. The Morgan fingerprint density at radius 1 is 1.10 bits per heavy atom. The minimum atomic E-state index is -0.405. The molecule has 0 atom stereocenters. The quantitative estimate of drug-likeness (QED) is 0.385. The van der Waals surface area contributed by atoms with Crippen molar-refractivity contribution in [3.05, 3.63) is 77.3 Å². The predicted octanol–water partition coefficient (Wildman–Crippen LogP) is 5.75. The molecule has 0 spiro atoms. The van der Waals surface area contributed by atoms with Crippen molar-refractivity contribution in [1.29, 1.82) is 0 Å². The first-order valence-corrected chi connectivity index (χ1v) is 10.6. The maximum atomic E-state index is 12.5. The SMILES string of the molecule is COc1ccc(Cl)cc1C(=O)NC(=S)Nc1ccc(-c2nc3ccccc3s2)cc1. The molecule has 8 heteroatoms. The molecular weight excluding hydrogens is 438 g/mol. The Balaban J connectivity index is 1.44. The highest BCUT2D eigenvalue weighted by atomic mass is 35.5. The van der Waals surface area contributed by atoms with Crippen LogP contribution in [0.2, 0.25) is 5.02 Å². The van der Waals surface area contributed by atoms with Crippen molar-refractivity contribution in [2.75, 3.05) is 12.4 Å². The van der Waals surface area contributed by atoms with Gasteiger partial charge in [-0.2, -0.15) is 0 Å². The zero-order valence-electron chi connectivity index (χ0n) is 15.8. The molecule has 0 saturated heterocycles. The number of aromatic nitrogens is 1. The Hall–Kier alpha value is -3.00. The lowest BCUT2D eigenvalue weighted by Crippen LogP contribution is -2.34. The number of nitrogens with one attached hydrogen (secondary N) is 2. The number of methoxy groups -OCH3 is 1. The number of thiocarbonyl (C=S) groups is 1. The van der Waals surface area contributed by atoms with Crippen LogP contribution in [0.25, 0.3) is 20.8 Å². The average Bonchev–Trinajstić information content (AvgIpc) is 3.18. The lowest BCUT2D eigenvalue weighted by atomic mass is 10.2. The number of hydrogen-bond donors (Lipinski definition) is 2. The molecule has 0 fully saturated rings. The van der Waals surface area contributed by atoms with E-state index in [4.69, 9.17) is 28.6 Å². The van der Waals surface area contributed by atoms with E-state index in [1.54, 1.807) is 23.5 Å². The summed E-state index contributed by atoms with van der Waals surface area (Å²) in [4.78, 5) is 17.2. The summed E-state index contributed by atoms with van der Waals surface area (Å²) in [7, 11) is 1.49. The lowest BCUT2D eigenvalue weighted by molar-refractivity contribution is 0.0975. The number of anilines is 1. The zero-order valence-corrected chi connectivity index (χ0v) is 18.2. The fourth-order valence-electron chi connectivity index (χ4n) is 2.88. The van der Waals surface area contributed by atoms with Gasteiger partial charge in [0.25, 0.3) is 5.91 Å². The molecule has 30 heavy (non-hydrogen) atoms. The summed E-state index contributed by atoms with van der Waals surface area (Å²) >= 11 is 12.9. The van der Waals surface area contributed by atoms with Crippen LogP contribution in [-0.4, -0.2) is 23.1 Å². The first kappa shape index (κ1) is 20.3. The van der Waals surface area contributed by atoms with Crippen LogP contribution < -0.4 is 15.4 Å². The van der Waals surface area contributed by atoms with Gasteiger partial charge in [0, 0.05) is 16.3 Å². The minimum Gasteiger partial charge on any atom is -0.496 e. The Labute approximate surface area is 187 Å². The van der Waals surface area contributed by atoms with E-state index in [1.807, 2.05) is 42.5 Å². The van der Waals surface area contributed by atoms with Gasteiger partial charge in [-0.15, -0.1) is 11.3 Å². The highest BCUT2D eigenvalue weighted by Gasteiger charge is 2.14. The summed E-state index contributed by atoms with van der Waals surface area (Å²) < 4.78 is 6.36. The number of rotatable bonds is 4. The number of carbonyl (C=O) groups is 1. The van der Waals surface area contributed by atoms with Gasteiger partial charge >= 0.3 is 0 Å². The molecule has 2 N–H and O–H groups in total. The Morgan fingerprint density at radius 2 is 1.87 bits per heavy atom. The van der Waals surface area contributed by atoms with Crippen molar-refractivity contribution in [3.8, 4) is 16.3 Å². The first-order valence-electron chi connectivity index (χ1n) is 8.95. The highest BCUT2D eigenvalue weighted by molar-refractivity contribution is 7.80. The summed E-state index contributed by atoms with van der Waals surface area (Å²) in [5.41, 5.74) is 3.06. The zero-order chi connectivity index (χ0) is 21.1. The molecule has 1 aromatic heterocycles. The summed E-state index contributed by atoms with van der Waals surface area (Å²) in [6, 6.07) is 20.6. The van der Waals surface area contributed by atoms with Crippen molar-refractivity contribution in [3.63, 3.8) is 0 Å². The molecule has 0 saturated carbocycles. The maximum absolute atomic E-state index is 12.5. The molecule has 0 aliphatic heterocycles. The Bertz CT molecular complexity index is 1210. The van der Waals surface area contributed by atoms with Gasteiger partial charge in [0.2, 0.25) is 0 Å². The van der Waals surface area contributed by atoms with Crippen LogP contribution in [0.5, 0.6) is 5.75 Å². The van der Waals surface area contributed by atoms with Crippen molar-refractivity contribution >= 4 is 62.1 Å². The summed E-state index contributed by atoms with van der Waals surface area (Å²) in [6.07, 6.45) is 0. The number of carbonyl (C=O) groups excluding carboxylic acids is 1. The van der Waals surface area contributed by atoms with Crippen molar-refractivity contribution in [2.45, 2.75) is 0 Å². The van der Waals surface area contributed by atoms with Crippen LogP contribution in [0.1, 0.15) is 10.4 Å². The second-order valence-electron chi connectivity index (χ2n) is 6.32. The van der Waals surface area contributed by atoms with E-state index in [0.717, 1.165) is 26.5 Å². The first-order chi connectivity index (χ1) is 14.5. The van der Waals surface area contributed by atoms with E-state index in [1.165, 1.54) is 13.2 Å². The van der Waals surface area contributed by atoms with E-state index in [2.05, 4.69) is 21.7 Å². The molecule has 1 amide bonds. The number of fused-ring (bicyclic) bond motifs is 1. The second-order valence-corrected chi connectivity index (χ2v) is 8.19. The molecule has 4 rings (SSSR count). The fourth-order valence-corrected chi connectivity index (χ4v) is 4.24. The number of ether oxygens (including phenoxy) is 1. The third-order valence-electron chi connectivity index (χ3n) is 4.32. The molecule has 0 radical (unpaired) electrons. The van der Waals surface area contributed by atoms with E-state index in [0.29, 0.717) is 16.3 Å². The lowest BCUT2D eigenvalue weighted by Gasteiger charge is -2.12. The molecule has 5 nitrogen and oxygen atoms in total. The van der Waals surface area contributed by atoms with E-state index < -0.39 is 5.91 Å². The van der Waals surface area contributed by atoms with Gasteiger partial charge in [0.15, 0.2) is 5.11 Å². The van der Waals surface area contributed by atoms with E-state index >= 15 is 0 Å². The molecule has 0 aliphatic carbocycles. The van der Waals surface area contributed by atoms with Crippen molar-refractivity contribution in [2.24, 2.45) is 0 Å². The summed E-state index contributed by atoms with van der Waals surface area (Å²) in [6.45, 7) is 0. The molecule has 0 unspecified atom stereocenters. The third-order valence-corrected chi connectivity index (χ3v) is 5.84. The number of hydrogen-bond acceptors (Lipinski definition) is 5. The molecule has 150 valence electrons. The molecule has 0 bridgehead atoms. The van der Waals surface area contributed by atoms with Crippen LogP contribution in [-0.2, 0) is 0 Å². The third kappa shape index (κ3) is 4.43. The van der Waals surface area contributed by atoms with Crippen LogP contribution >= 0.6 is 35.2 Å². The van der Waals surface area contributed by atoms with Gasteiger partial charge in [-0.3, -0.25) is 10.1 Å². The topological polar surface area (TPSA) is 63.2 Å². The van der Waals surface area contributed by atoms with Crippen LogP contribution in [0, 0.1) is 0 Å². The summed E-state index contributed by atoms with van der Waals surface area (Å²) in [5.74, 6) is 0.0119. The van der Waals surface area contributed by atoms with Gasteiger partial charge in [-0.25, -0.2) is 4.98 Å². The number of amides is 1. The van der Waals surface area contributed by atoms with Crippen LogP contribution in [0.4, 0.5) is 5.69 Å². The van der Waals surface area contributed by atoms with Gasteiger partial charge in [0.1, 0.15) is 10.8 Å². The smallest absolute Gasteiger partial charge is 0.261 e. The van der Waals surface area contributed by atoms with Gasteiger partial charge < -0.3 is 10.1 Å². The van der Waals surface area contributed by atoms with Gasteiger partial charge in [0.05, 0.1) is 22.9 Å². The maximum Gasteiger partial charge on any atom is 0.261 e. The second kappa shape index (κ2) is 8.79. The Kier molecular flexibility index (Phi) is 5.94. The van der Waals surface area contributed by atoms with Crippen molar-refractivity contribution in [1.82, 2.24) is 10.3 Å². The standard InChI is InChI=1S/C22H16ClN3O2S2/c1-28-18-11-8-14(23)12-16(18)20(27)26-22(29)24-15-9-6-13(7-10-15)21-25-17-4-2-3-5-19(17)30-21/h2-12H,1H3,(H2,24,26,27,29). The highest BCUT2D eigenvalue weighted by Crippen LogP contribution is 2.30. The van der Waals surface area contributed by atoms with E-state index in [-0.39, 0.29) is 5.11 Å². The molecular formula is C22H16ClN3O2S2. The van der Waals surface area contributed by atoms with Gasteiger partial charge in [-0.05, 0) is 66.8 Å². The minimum absolute atomic E-state index is 0.176. The fraction of sp³-hybridized carbons (Fsp3) is 0.0455. The number of thiazole rings is 1. The molecule has 0 aliphatic rings. The van der Waals surface area contributed by atoms with Crippen LogP contribution in [0.3, 0.4) is 0 Å². The van der Waals surface area contributed by atoms with Crippen LogP contribution in [0.15, 0.2) is 66.7 Å². The number of nitrogens with zero attached hydrogens (tertiary/aromatic N) is 1. The Morgan fingerprint density at radius 3 is 2.60 bits per heavy atom. The summed E-state index contributed by atoms with van der Waals surface area (Å²) in [5, 5.41) is 7.21. The van der Waals surface area contributed by atoms with Gasteiger partial charge in [-0.1, -0.05) is 23.7 Å². The number of halogens is 1. The normalized spacial score (nSPS) is 10.6. The van der Waals surface area contributed by atoms with E-state index in [9.17, 15) is 4.79 Å². The monoisotopic (exact) mass is 453 g/mol. The number of benzene rings is 3. The average molecular weight is 454 g/mol. The largest absolute Gasteiger partial charge is 0.496 e.